The Balaban J connectivity index is 1.97. The molecule has 98 valence electrons. The molecule has 0 bridgehead atoms. The van der Waals surface area contributed by atoms with E-state index in [0.717, 1.165) is 16.9 Å². The van der Waals surface area contributed by atoms with Crippen molar-refractivity contribution in [1.29, 1.82) is 0 Å². The quantitative estimate of drug-likeness (QED) is 0.640. The summed E-state index contributed by atoms with van der Waals surface area (Å²) in [6.07, 6.45) is 0.959. The van der Waals surface area contributed by atoms with Crippen molar-refractivity contribution >= 4 is 28.7 Å². The number of benzene rings is 1. The highest BCUT2D eigenvalue weighted by atomic mass is 32.1. The van der Waals surface area contributed by atoms with Crippen LogP contribution in [-0.4, -0.2) is 16.7 Å². The molecule has 0 saturated carbocycles. The number of thiazole rings is 1. The standard InChI is InChI=1S/C13H13N3O2S/c14-9-4-1-8(2-5-9)3-6-11(17)13-16-10(7-19-13)12(15)18/h1-2,4-5,7H,3,6,14H2,(H2,15,18). The summed E-state index contributed by atoms with van der Waals surface area (Å²) in [4.78, 5) is 26.7. The first kappa shape index (κ1) is 13.2. The van der Waals surface area contributed by atoms with Gasteiger partial charge in [-0.15, -0.1) is 11.3 Å². The number of hydrogen-bond acceptors (Lipinski definition) is 5. The minimum atomic E-state index is -0.617. The number of aryl methyl sites for hydroxylation is 1. The number of amides is 1. The molecule has 0 unspecified atom stereocenters. The predicted octanol–water partition coefficient (Wildman–Crippen LogP) is 1.64. The van der Waals surface area contributed by atoms with Gasteiger partial charge in [-0.25, -0.2) is 4.98 Å². The number of hydrogen-bond donors (Lipinski definition) is 2. The fourth-order valence-corrected chi connectivity index (χ4v) is 2.34. The molecule has 1 aromatic heterocycles. The van der Waals surface area contributed by atoms with Crippen LogP contribution in [0, 0.1) is 0 Å². The van der Waals surface area contributed by atoms with Gasteiger partial charge in [0.05, 0.1) is 0 Å². The van der Waals surface area contributed by atoms with Gasteiger partial charge in [-0.05, 0) is 24.1 Å². The average molecular weight is 275 g/mol. The number of nitrogen functional groups attached to an aromatic ring is 1. The Morgan fingerprint density at radius 3 is 2.47 bits per heavy atom. The van der Waals surface area contributed by atoms with Crippen LogP contribution in [0.1, 0.15) is 32.3 Å². The molecule has 0 atom stereocenters. The number of aromatic nitrogens is 1. The fraction of sp³-hybridized carbons (Fsp3) is 0.154. The number of nitrogens with zero attached hydrogens (tertiary/aromatic N) is 1. The maximum atomic E-state index is 11.9. The molecule has 5 nitrogen and oxygen atoms in total. The maximum Gasteiger partial charge on any atom is 0.268 e. The summed E-state index contributed by atoms with van der Waals surface area (Å²) < 4.78 is 0. The Kier molecular flexibility index (Phi) is 3.91. The number of carbonyl (C=O) groups is 2. The monoisotopic (exact) mass is 275 g/mol. The van der Waals surface area contributed by atoms with Crippen LogP contribution in [0.15, 0.2) is 29.6 Å². The van der Waals surface area contributed by atoms with Gasteiger partial charge < -0.3 is 11.5 Å². The van der Waals surface area contributed by atoms with E-state index in [1.165, 1.54) is 5.38 Å². The van der Waals surface area contributed by atoms with E-state index in [2.05, 4.69) is 4.98 Å². The van der Waals surface area contributed by atoms with Gasteiger partial charge in [0.1, 0.15) is 5.69 Å². The van der Waals surface area contributed by atoms with Gasteiger partial charge in [0.25, 0.3) is 5.91 Å². The van der Waals surface area contributed by atoms with Crippen LogP contribution < -0.4 is 11.5 Å². The maximum absolute atomic E-state index is 11.9. The molecular formula is C13H13N3O2S. The van der Waals surface area contributed by atoms with Gasteiger partial charge in [-0.3, -0.25) is 9.59 Å². The first-order chi connectivity index (χ1) is 9.06. The minimum Gasteiger partial charge on any atom is -0.399 e. The smallest absolute Gasteiger partial charge is 0.268 e. The SMILES string of the molecule is NC(=O)c1csc(C(=O)CCc2ccc(N)cc2)n1. The van der Waals surface area contributed by atoms with E-state index in [9.17, 15) is 9.59 Å². The Morgan fingerprint density at radius 1 is 1.21 bits per heavy atom. The van der Waals surface area contributed by atoms with Crippen LogP contribution in [0.5, 0.6) is 0 Å². The number of nitrogens with two attached hydrogens (primary N) is 2. The van der Waals surface area contributed by atoms with Gasteiger partial charge in [0.15, 0.2) is 10.8 Å². The lowest BCUT2D eigenvalue weighted by Gasteiger charge is -2.00. The lowest BCUT2D eigenvalue weighted by Crippen LogP contribution is -2.12. The van der Waals surface area contributed by atoms with E-state index < -0.39 is 5.91 Å². The molecule has 6 heteroatoms. The summed E-state index contributed by atoms with van der Waals surface area (Å²) in [5.41, 5.74) is 12.5. The number of carbonyl (C=O) groups excluding carboxylic acids is 2. The normalized spacial score (nSPS) is 10.3. The third kappa shape index (κ3) is 3.38. The topological polar surface area (TPSA) is 99.1 Å². The van der Waals surface area contributed by atoms with Gasteiger partial charge >= 0.3 is 0 Å². The van der Waals surface area contributed by atoms with Crippen LogP contribution in [0.3, 0.4) is 0 Å². The molecule has 0 aliphatic carbocycles. The van der Waals surface area contributed by atoms with Crippen LogP contribution in [0.2, 0.25) is 0 Å². The molecule has 4 N–H and O–H groups in total. The summed E-state index contributed by atoms with van der Waals surface area (Å²) in [6.45, 7) is 0. The summed E-state index contributed by atoms with van der Waals surface area (Å²) in [5.74, 6) is -0.705. The second kappa shape index (κ2) is 5.62. The molecular weight excluding hydrogens is 262 g/mol. The van der Waals surface area contributed by atoms with Crippen LogP contribution in [0.25, 0.3) is 0 Å². The van der Waals surface area contributed by atoms with Gasteiger partial charge in [-0.2, -0.15) is 0 Å². The number of anilines is 1. The molecule has 1 amide bonds. The van der Waals surface area contributed by atoms with E-state index in [-0.39, 0.29) is 11.5 Å². The van der Waals surface area contributed by atoms with Crippen molar-refractivity contribution in [3.63, 3.8) is 0 Å². The zero-order valence-electron chi connectivity index (χ0n) is 10.1. The highest BCUT2D eigenvalue weighted by molar-refractivity contribution is 7.11. The molecule has 1 heterocycles. The Morgan fingerprint density at radius 2 is 1.89 bits per heavy atom. The molecule has 19 heavy (non-hydrogen) atoms. The highest BCUT2D eigenvalue weighted by Gasteiger charge is 2.13. The lowest BCUT2D eigenvalue weighted by atomic mass is 10.1. The summed E-state index contributed by atoms with van der Waals surface area (Å²) in [5, 5.41) is 1.82. The van der Waals surface area contributed by atoms with E-state index in [1.807, 2.05) is 12.1 Å². The van der Waals surface area contributed by atoms with Gasteiger partial charge in [-0.1, -0.05) is 12.1 Å². The molecule has 2 rings (SSSR count). The van der Waals surface area contributed by atoms with Crippen molar-refractivity contribution in [2.24, 2.45) is 5.73 Å². The summed E-state index contributed by atoms with van der Waals surface area (Å²) in [7, 11) is 0. The van der Waals surface area contributed by atoms with E-state index in [0.29, 0.717) is 23.5 Å². The van der Waals surface area contributed by atoms with E-state index in [4.69, 9.17) is 11.5 Å². The predicted molar refractivity (Wildman–Crippen MR) is 74.1 cm³/mol. The summed E-state index contributed by atoms with van der Waals surface area (Å²) in [6, 6.07) is 7.38. The van der Waals surface area contributed by atoms with Gasteiger partial charge in [0, 0.05) is 17.5 Å². The third-order valence-corrected chi connectivity index (χ3v) is 3.50. The molecule has 0 aliphatic heterocycles. The Labute approximate surface area is 114 Å². The second-order valence-electron chi connectivity index (χ2n) is 4.07. The largest absolute Gasteiger partial charge is 0.399 e. The first-order valence-electron chi connectivity index (χ1n) is 5.69. The van der Waals surface area contributed by atoms with Crippen molar-refractivity contribution in [1.82, 2.24) is 4.98 Å². The third-order valence-electron chi connectivity index (χ3n) is 2.62. The number of primary amides is 1. The second-order valence-corrected chi connectivity index (χ2v) is 4.93. The molecule has 0 fully saturated rings. The number of Topliss-reactive ketones (excluding diaryl/α,β-unsaturated/α-hetero) is 1. The van der Waals surface area contributed by atoms with Crippen molar-refractivity contribution < 1.29 is 9.59 Å². The zero-order valence-corrected chi connectivity index (χ0v) is 10.9. The Hall–Kier alpha value is -2.21. The van der Waals surface area contributed by atoms with Crippen molar-refractivity contribution in [3.8, 4) is 0 Å². The molecule has 1 aromatic carbocycles. The van der Waals surface area contributed by atoms with Crippen molar-refractivity contribution in [2.45, 2.75) is 12.8 Å². The van der Waals surface area contributed by atoms with Crippen LogP contribution in [-0.2, 0) is 6.42 Å². The van der Waals surface area contributed by atoms with E-state index >= 15 is 0 Å². The minimum absolute atomic E-state index is 0.0886. The highest BCUT2D eigenvalue weighted by Crippen LogP contribution is 2.14. The lowest BCUT2D eigenvalue weighted by molar-refractivity contribution is 0.0982. The van der Waals surface area contributed by atoms with Crippen molar-refractivity contribution in [3.05, 3.63) is 45.9 Å². The van der Waals surface area contributed by atoms with Gasteiger partial charge in [0.2, 0.25) is 0 Å². The van der Waals surface area contributed by atoms with Crippen molar-refractivity contribution in [2.75, 3.05) is 5.73 Å². The molecule has 0 radical (unpaired) electrons. The Bertz CT molecular complexity index is 605. The van der Waals surface area contributed by atoms with Crippen LogP contribution >= 0.6 is 11.3 Å². The van der Waals surface area contributed by atoms with E-state index in [1.54, 1.807) is 12.1 Å². The zero-order chi connectivity index (χ0) is 13.8. The summed E-state index contributed by atoms with van der Waals surface area (Å²) >= 11 is 1.14. The number of ketones is 1. The molecule has 0 spiro atoms. The molecule has 0 saturated heterocycles. The fourth-order valence-electron chi connectivity index (χ4n) is 1.56. The first-order valence-corrected chi connectivity index (χ1v) is 6.57. The average Bonchev–Trinajstić information content (AvgIpc) is 2.87. The molecule has 0 aliphatic rings. The number of rotatable bonds is 5. The molecule has 2 aromatic rings. The van der Waals surface area contributed by atoms with Crippen LogP contribution in [0.4, 0.5) is 5.69 Å².